The second-order valence-electron chi connectivity index (χ2n) is 7.43. The molecule has 1 aromatic carbocycles. The van der Waals surface area contributed by atoms with Crippen LogP contribution in [-0.4, -0.2) is 21.8 Å². The van der Waals surface area contributed by atoms with Gasteiger partial charge >= 0.3 is 0 Å². The van der Waals surface area contributed by atoms with E-state index in [1.807, 2.05) is 19.1 Å². The molecule has 1 saturated carbocycles. The van der Waals surface area contributed by atoms with E-state index in [4.69, 9.17) is 4.98 Å². The number of aromatic nitrogens is 1. The Morgan fingerprint density at radius 1 is 1.34 bits per heavy atom. The predicted octanol–water partition coefficient (Wildman–Crippen LogP) is 4.87. The maximum atomic E-state index is 13.0. The van der Waals surface area contributed by atoms with Gasteiger partial charge in [-0.2, -0.15) is 5.26 Å². The second kappa shape index (κ2) is 10.0. The summed E-state index contributed by atoms with van der Waals surface area (Å²) in [6.07, 6.45) is 6.08. The molecule has 0 unspecified atom stereocenters. The van der Waals surface area contributed by atoms with Crippen LogP contribution < -0.4 is 4.90 Å². The van der Waals surface area contributed by atoms with Gasteiger partial charge in [-0.25, -0.2) is 4.98 Å². The van der Waals surface area contributed by atoms with Crippen LogP contribution in [0.5, 0.6) is 0 Å². The molecule has 0 atom stereocenters. The average Bonchev–Trinajstić information content (AvgIpc) is 3.34. The number of thioether (sulfide) groups is 1. The number of nitrogens with zero attached hydrogens (tertiary/aromatic N) is 3. The zero-order chi connectivity index (χ0) is 20.8. The molecular formula is C22H25N3O2S2. The summed E-state index contributed by atoms with van der Waals surface area (Å²) in [6, 6.07) is 9.43. The van der Waals surface area contributed by atoms with Gasteiger partial charge in [0.2, 0.25) is 5.91 Å². The lowest BCUT2D eigenvalue weighted by Crippen LogP contribution is -2.32. The zero-order valence-electron chi connectivity index (χ0n) is 16.8. The van der Waals surface area contributed by atoms with Gasteiger partial charge in [0.25, 0.3) is 0 Å². The molecule has 0 radical (unpaired) electrons. The fraction of sp³-hybridized carbons (Fsp3) is 0.455. The smallest absolute Gasteiger partial charge is 0.238 e. The number of rotatable bonds is 7. The van der Waals surface area contributed by atoms with Gasteiger partial charge in [0.05, 0.1) is 34.6 Å². The Morgan fingerprint density at radius 3 is 2.79 bits per heavy atom. The molecule has 0 N–H and O–H groups in total. The van der Waals surface area contributed by atoms with Gasteiger partial charge in [-0.15, -0.1) is 11.3 Å². The molecule has 1 aliphatic rings. The Morgan fingerprint density at radius 2 is 2.10 bits per heavy atom. The third-order valence-electron chi connectivity index (χ3n) is 5.10. The number of benzene rings is 1. The van der Waals surface area contributed by atoms with Crippen LogP contribution in [0.4, 0.5) is 5.00 Å². The fourth-order valence-corrected chi connectivity index (χ4v) is 5.36. The van der Waals surface area contributed by atoms with Crippen LogP contribution in [0.3, 0.4) is 0 Å². The molecule has 1 heterocycles. The first-order valence-corrected chi connectivity index (χ1v) is 11.7. The first-order valence-electron chi connectivity index (χ1n) is 9.85. The average molecular weight is 428 g/mol. The van der Waals surface area contributed by atoms with Crippen LogP contribution in [0.15, 0.2) is 24.3 Å². The molecule has 0 aliphatic heterocycles. The highest BCUT2D eigenvalue weighted by Gasteiger charge is 2.24. The quantitative estimate of drug-likeness (QED) is 0.630. The fourth-order valence-electron chi connectivity index (χ4n) is 3.68. The van der Waals surface area contributed by atoms with Crippen molar-refractivity contribution in [1.82, 2.24) is 4.98 Å². The van der Waals surface area contributed by atoms with Gasteiger partial charge in [0, 0.05) is 13.3 Å². The standard InChI is InChI=1S/C22H25N3O2S2/c1-15-22(29-20(24-15)11-17-6-3-4-7-17)25(21(27)14-28-16(2)26)13-19-9-5-8-18(10-19)12-23/h5,8-10,17H,3-4,6-7,11,13-14H2,1-2H3. The van der Waals surface area contributed by atoms with E-state index in [0.717, 1.165) is 39.4 Å². The maximum absolute atomic E-state index is 13.0. The van der Waals surface area contributed by atoms with E-state index in [2.05, 4.69) is 6.07 Å². The number of anilines is 1. The topological polar surface area (TPSA) is 74.1 Å². The number of nitriles is 1. The molecular weight excluding hydrogens is 402 g/mol. The van der Waals surface area contributed by atoms with Crippen molar-refractivity contribution in [3.8, 4) is 6.07 Å². The van der Waals surface area contributed by atoms with E-state index >= 15 is 0 Å². The largest absolute Gasteiger partial charge is 0.297 e. The lowest BCUT2D eigenvalue weighted by molar-refractivity contribution is -0.116. The molecule has 0 bridgehead atoms. The minimum atomic E-state index is -0.119. The number of thiazole rings is 1. The van der Waals surface area contributed by atoms with Gasteiger partial charge in [0.15, 0.2) is 5.12 Å². The van der Waals surface area contributed by atoms with Crippen LogP contribution in [0.1, 0.15) is 54.4 Å². The normalized spacial score (nSPS) is 14.0. The van der Waals surface area contributed by atoms with Crippen molar-refractivity contribution in [2.24, 2.45) is 5.92 Å². The van der Waals surface area contributed by atoms with Crippen LogP contribution >= 0.6 is 23.1 Å². The highest BCUT2D eigenvalue weighted by atomic mass is 32.2. The van der Waals surface area contributed by atoms with Crippen LogP contribution in [0.2, 0.25) is 0 Å². The van der Waals surface area contributed by atoms with Crippen LogP contribution in [-0.2, 0) is 22.6 Å². The van der Waals surface area contributed by atoms with Gasteiger partial charge in [-0.1, -0.05) is 49.6 Å². The lowest BCUT2D eigenvalue weighted by atomic mass is 10.1. The molecule has 1 aromatic heterocycles. The Bertz CT molecular complexity index is 926. The molecule has 1 amide bonds. The van der Waals surface area contributed by atoms with Crippen LogP contribution in [0.25, 0.3) is 0 Å². The van der Waals surface area contributed by atoms with E-state index in [0.29, 0.717) is 18.0 Å². The van der Waals surface area contributed by atoms with E-state index < -0.39 is 0 Å². The van der Waals surface area contributed by atoms with Crippen LogP contribution in [0, 0.1) is 24.2 Å². The van der Waals surface area contributed by atoms with Crippen molar-refractivity contribution in [2.75, 3.05) is 10.7 Å². The number of carbonyl (C=O) groups excluding carboxylic acids is 2. The lowest BCUT2D eigenvalue weighted by Gasteiger charge is -2.21. The number of hydrogen-bond donors (Lipinski definition) is 0. The molecule has 2 aromatic rings. The minimum absolute atomic E-state index is 0.0762. The van der Waals surface area contributed by atoms with E-state index in [-0.39, 0.29) is 16.8 Å². The van der Waals surface area contributed by atoms with Gasteiger partial charge in [-0.05, 0) is 30.5 Å². The van der Waals surface area contributed by atoms with Gasteiger partial charge < -0.3 is 0 Å². The first kappa shape index (κ1) is 21.5. The summed E-state index contributed by atoms with van der Waals surface area (Å²) in [5, 5.41) is 11.0. The molecule has 0 saturated heterocycles. The molecule has 1 fully saturated rings. The van der Waals surface area contributed by atoms with E-state index in [1.165, 1.54) is 32.6 Å². The highest BCUT2D eigenvalue weighted by molar-refractivity contribution is 8.14. The van der Waals surface area contributed by atoms with Crippen molar-refractivity contribution in [2.45, 2.75) is 52.5 Å². The highest BCUT2D eigenvalue weighted by Crippen LogP contribution is 2.34. The number of amides is 1. The minimum Gasteiger partial charge on any atom is -0.297 e. The third-order valence-corrected chi connectivity index (χ3v) is 7.10. The SMILES string of the molecule is CC(=O)SCC(=O)N(Cc1cccc(C#N)c1)c1sc(CC2CCCC2)nc1C. The van der Waals surface area contributed by atoms with E-state index in [9.17, 15) is 14.9 Å². The molecule has 5 nitrogen and oxygen atoms in total. The molecule has 3 rings (SSSR count). The number of hydrogen-bond acceptors (Lipinski definition) is 6. The van der Waals surface area contributed by atoms with Crippen molar-refractivity contribution < 1.29 is 9.59 Å². The molecule has 29 heavy (non-hydrogen) atoms. The Kier molecular flexibility index (Phi) is 7.45. The Balaban J connectivity index is 1.85. The molecule has 7 heteroatoms. The summed E-state index contributed by atoms with van der Waals surface area (Å²) in [5.74, 6) is 0.674. The summed E-state index contributed by atoms with van der Waals surface area (Å²) < 4.78 is 0. The summed E-state index contributed by atoms with van der Waals surface area (Å²) in [5.41, 5.74) is 2.30. The van der Waals surface area contributed by atoms with Gasteiger partial charge in [-0.3, -0.25) is 14.5 Å². The summed E-state index contributed by atoms with van der Waals surface area (Å²) in [7, 11) is 0. The Hall–Kier alpha value is -2.17. The summed E-state index contributed by atoms with van der Waals surface area (Å²) in [6.45, 7) is 3.77. The molecule has 1 aliphatic carbocycles. The summed E-state index contributed by atoms with van der Waals surface area (Å²) in [4.78, 5) is 30.8. The predicted molar refractivity (Wildman–Crippen MR) is 118 cm³/mol. The van der Waals surface area contributed by atoms with Crippen molar-refractivity contribution in [3.63, 3.8) is 0 Å². The number of carbonyl (C=O) groups is 2. The number of aryl methyl sites for hydroxylation is 1. The third kappa shape index (κ3) is 5.91. The zero-order valence-corrected chi connectivity index (χ0v) is 18.4. The van der Waals surface area contributed by atoms with Crippen molar-refractivity contribution in [1.29, 1.82) is 5.26 Å². The Labute approximate surface area is 180 Å². The second-order valence-corrected chi connectivity index (χ2v) is 9.64. The summed E-state index contributed by atoms with van der Waals surface area (Å²) >= 11 is 2.60. The van der Waals surface area contributed by atoms with Crippen molar-refractivity contribution in [3.05, 3.63) is 46.1 Å². The monoisotopic (exact) mass is 427 g/mol. The van der Waals surface area contributed by atoms with E-state index in [1.54, 1.807) is 28.4 Å². The first-order chi connectivity index (χ1) is 14.0. The van der Waals surface area contributed by atoms with Gasteiger partial charge in [0.1, 0.15) is 5.00 Å². The van der Waals surface area contributed by atoms with Crippen molar-refractivity contribution >= 4 is 39.1 Å². The molecule has 0 spiro atoms. The maximum Gasteiger partial charge on any atom is 0.238 e. The molecule has 152 valence electrons.